The van der Waals surface area contributed by atoms with Crippen molar-refractivity contribution in [3.05, 3.63) is 21.4 Å². The third-order valence-corrected chi connectivity index (χ3v) is 3.98. The van der Waals surface area contributed by atoms with Crippen molar-refractivity contribution in [1.29, 1.82) is 0 Å². The van der Waals surface area contributed by atoms with Crippen molar-refractivity contribution in [2.75, 3.05) is 20.2 Å². The van der Waals surface area contributed by atoms with Crippen LogP contribution in [0.4, 0.5) is 0 Å². The molecule has 1 aromatic heterocycles. The number of hydrogen-bond donors (Lipinski definition) is 1. The molecule has 1 atom stereocenters. The molecule has 1 aliphatic rings. The van der Waals surface area contributed by atoms with Crippen LogP contribution in [0.5, 0.6) is 0 Å². The van der Waals surface area contributed by atoms with E-state index in [1.54, 1.807) is 0 Å². The minimum Gasteiger partial charge on any atom is -0.372 e. The van der Waals surface area contributed by atoms with Crippen LogP contribution in [0.2, 0.25) is 0 Å². The fraction of sp³-hybridized carbons (Fsp3) is 0.636. The maximum absolute atomic E-state index is 5.75. The Labute approximate surface area is 89.3 Å². The van der Waals surface area contributed by atoms with Crippen LogP contribution in [-0.4, -0.2) is 20.2 Å². The van der Waals surface area contributed by atoms with Crippen LogP contribution < -0.4 is 5.32 Å². The van der Waals surface area contributed by atoms with Crippen LogP contribution in [0.25, 0.3) is 0 Å². The molecule has 1 N–H and O–H groups in total. The lowest BCUT2D eigenvalue weighted by molar-refractivity contribution is 0.0451. The highest BCUT2D eigenvalue weighted by atomic mass is 32.1. The summed E-state index contributed by atoms with van der Waals surface area (Å²) in [5.41, 5.74) is 1.42. The molecule has 1 aromatic rings. The zero-order valence-corrected chi connectivity index (χ0v) is 9.62. The largest absolute Gasteiger partial charge is 0.372 e. The van der Waals surface area contributed by atoms with E-state index in [-0.39, 0.29) is 6.10 Å². The molecule has 2 rings (SSSR count). The van der Waals surface area contributed by atoms with E-state index in [1.807, 2.05) is 18.4 Å². The summed E-state index contributed by atoms with van der Waals surface area (Å²) in [5.74, 6) is 0. The molecule has 0 saturated heterocycles. The van der Waals surface area contributed by atoms with Crippen molar-refractivity contribution >= 4 is 11.3 Å². The molecule has 0 spiro atoms. The molecule has 2 nitrogen and oxygen atoms in total. The van der Waals surface area contributed by atoms with Crippen LogP contribution >= 0.6 is 11.3 Å². The Hall–Kier alpha value is -0.380. The number of likely N-dealkylation sites (N-methyl/N-ethyl adjacent to an activating group) is 1. The maximum atomic E-state index is 5.75. The third kappa shape index (κ3) is 1.85. The van der Waals surface area contributed by atoms with Crippen LogP contribution in [0, 0.1) is 0 Å². The highest BCUT2D eigenvalue weighted by molar-refractivity contribution is 7.12. The highest BCUT2D eigenvalue weighted by Crippen LogP contribution is 2.33. The summed E-state index contributed by atoms with van der Waals surface area (Å²) in [4.78, 5) is 3.02. The van der Waals surface area contributed by atoms with Crippen LogP contribution in [-0.2, 0) is 17.6 Å². The van der Waals surface area contributed by atoms with Gasteiger partial charge in [0.1, 0.15) is 0 Å². The fourth-order valence-electron chi connectivity index (χ4n) is 1.88. The van der Waals surface area contributed by atoms with Gasteiger partial charge in [-0.25, -0.2) is 0 Å². The number of nitrogens with one attached hydrogen (secondary N) is 1. The Balaban J connectivity index is 2.24. The van der Waals surface area contributed by atoms with E-state index in [0.717, 1.165) is 26.0 Å². The molecule has 3 heteroatoms. The molecule has 14 heavy (non-hydrogen) atoms. The van der Waals surface area contributed by atoms with E-state index in [0.29, 0.717) is 0 Å². The lowest BCUT2D eigenvalue weighted by Gasteiger charge is -2.22. The summed E-state index contributed by atoms with van der Waals surface area (Å²) in [6.45, 7) is 4.02. The van der Waals surface area contributed by atoms with Crippen molar-refractivity contribution < 1.29 is 4.74 Å². The van der Waals surface area contributed by atoms with Gasteiger partial charge in [-0.1, -0.05) is 6.92 Å². The maximum Gasteiger partial charge on any atom is 0.0960 e. The molecule has 2 heterocycles. The van der Waals surface area contributed by atoms with Gasteiger partial charge in [-0.3, -0.25) is 0 Å². The second kappa shape index (κ2) is 4.43. The van der Waals surface area contributed by atoms with Crippen LogP contribution in [0.3, 0.4) is 0 Å². The number of rotatable bonds is 3. The fourth-order valence-corrected chi connectivity index (χ4v) is 3.02. The van der Waals surface area contributed by atoms with E-state index < -0.39 is 0 Å². The Kier molecular flexibility index (Phi) is 3.21. The van der Waals surface area contributed by atoms with E-state index >= 15 is 0 Å². The molecule has 0 amide bonds. The summed E-state index contributed by atoms with van der Waals surface area (Å²) in [5, 5.41) is 3.19. The monoisotopic (exact) mass is 211 g/mol. The molecule has 0 unspecified atom stereocenters. The molecule has 0 fully saturated rings. The molecule has 78 valence electrons. The van der Waals surface area contributed by atoms with Gasteiger partial charge in [-0.15, -0.1) is 11.3 Å². The first-order valence-corrected chi connectivity index (χ1v) is 6.04. The SMILES string of the molecule is CCc1cc2c(s1)CCO[C@@H]2CNC. The van der Waals surface area contributed by atoms with Gasteiger partial charge in [0, 0.05) is 22.7 Å². The Morgan fingerprint density at radius 3 is 3.21 bits per heavy atom. The first kappa shape index (κ1) is 10.1. The first-order valence-electron chi connectivity index (χ1n) is 5.22. The van der Waals surface area contributed by atoms with Gasteiger partial charge in [0.15, 0.2) is 0 Å². The summed E-state index contributed by atoms with van der Waals surface area (Å²) in [6.07, 6.45) is 2.52. The summed E-state index contributed by atoms with van der Waals surface area (Å²) in [7, 11) is 1.98. The van der Waals surface area contributed by atoms with Gasteiger partial charge in [0.2, 0.25) is 0 Å². The van der Waals surface area contributed by atoms with Crippen molar-refractivity contribution in [3.63, 3.8) is 0 Å². The van der Waals surface area contributed by atoms with Crippen molar-refractivity contribution in [2.24, 2.45) is 0 Å². The number of aryl methyl sites for hydroxylation is 1. The minimum absolute atomic E-state index is 0.278. The molecule has 0 radical (unpaired) electrons. The molecule has 0 bridgehead atoms. The van der Waals surface area contributed by atoms with Gasteiger partial charge < -0.3 is 10.1 Å². The Morgan fingerprint density at radius 2 is 2.50 bits per heavy atom. The number of ether oxygens (including phenoxy) is 1. The van der Waals surface area contributed by atoms with Crippen molar-refractivity contribution in [3.8, 4) is 0 Å². The smallest absolute Gasteiger partial charge is 0.0960 e. The number of fused-ring (bicyclic) bond motifs is 1. The molecular weight excluding hydrogens is 194 g/mol. The van der Waals surface area contributed by atoms with E-state index in [1.165, 1.54) is 15.3 Å². The minimum atomic E-state index is 0.278. The first-order chi connectivity index (χ1) is 6.85. The molecule has 0 saturated carbocycles. The molecule has 0 aromatic carbocycles. The van der Waals surface area contributed by atoms with Gasteiger partial charge in [0.05, 0.1) is 12.7 Å². The average Bonchev–Trinajstić information content (AvgIpc) is 2.62. The summed E-state index contributed by atoms with van der Waals surface area (Å²) in [6, 6.07) is 2.32. The summed E-state index contributed by atoms with van der Waals surface area (Å²) >= 11 is 1.96. The number of thiophene rings is 1. The second-order valence-electron chi connectivity index (χ2n) is 3.61. The molecule has 0 aliphatic carbocycles. The van der Waals surface area contributed by atoms with Crippen molar-refractivity contribution in [1.82, 2.24) is 5.32 Å². The van der Waals surface area contributed by atoms with Crippen LogP contribution in [0.1, 0.15) is 28.3 Å². The van der Waals surface area contributed by atoms with Gasteiger partial charge >= 0.3 is 0 Å². The number of hydrogen-bond acceptors (Lipinski definition) is 3. The molecule has 1 aliphatic heterocycles. The standard InChI is InChI=1S/C11H17NOS/c1-3-8-6-9-10(7-12-2)13-5-4-11(9)14-8/h6,10,12H,3-5,7H2,1-2H3/t10-/m1/s1. The van der Waals surface area contributed by atoms with E-state index in [4.69, 9.17) is 4.74 Å². The Morgan fingerprint density at radius 1 is 1.64 bits per heavy atom. The lowest BCUT2D eigenvalue weighted by atomic mass is 10.1. The highest BCUT2D eigenvalue weighted by Gasteiger charge is 2.22. The third-order valence-electron chi connectivity index (χ3n) is 2.63. The topological polar surface area (TPSA) is 21.3 Å². The molecular formula is C11H17NOS. The van der Waals surface area contributed by atoms with Gasteiger partial charge in [0.25, 0.3) is 0 Å². The normalized spacial score (nSPS) is 20.9. The van der Waals surface area contributed by atoms with Crippen LogP contribution in [0.15, 0.2) is 6.07 Å². The zero-order valence-electron chi connectivity index (χ0n) is 8.80. The average molecular weight is 211 g/mol. The lowest BCUT2D eigenvalue weighted by Crippen LogP contribution is -2.24. The van der Waals surface area contributed by atoms with Gasteiger partial charge in [-0.2, -0.15) is 0 Å². The van der Waals surface area contributed by atoms with E-state index in [9.17, 15) is 0 Å². The van der Waals surface area contributed by atoms with Gasteiger partial charge in [-0.05, 0) is 25.1 Å². The predicted molar refractivity (Wildman–Crippen MR) is 60.0 cm³/mol. The quantitative estimate of drug-likeness (QED) is 0.827. The Bertz CT molecular complexity index is 308. The second-order valence-corrected chi connectivity index (χ2v) is 4.83. The zero-order chi connectivity index (χ0) is 9.97. The summed E-state index contributed by atoms with van der Waals surface area (Å²) < 4.78 is 5.75. The van der Waals surface area contributed by atoms with E-state index in [2.05, 4.69) is 18.3 Å². The predicted octanol–water partition coefficient (Wildman–Crippen LogP) is 2.14. The van der Waals surface area contributed by atoms with Crippen molar-refractivity contribution in [2.45, 2.75) is 25.9 Å².